The van der Waals surface area contributed by atoms with E-state index >= 15 is 0 Å². The third kappa shape index (κ3) is 3.14. The molecule has 1 heterocycles. The molecule has 0 unspecified atom stereocenters. The average molecular weight is 275 g/mol. The van der Waals surface area contributed by atoms with Gasteiger partial charge in [-0.15, -0.1) is 0 Å². The van der Waals surface area contributed by atoms with Crippen LogP contribution in [0.5, 0.6) is 0 Å². The van der Waals surface area contributed by atoms with Crippen molar-refractivity contribution in [2.75, 3.05) is 5.32 Å². The molecule has 0 aliphatic rings. The van der Waals surface area contributed by atoms with E-state index in [-0.39, 0.29) is 11.4 Å². The van der Waals surface area contributed by atoms with Crippen LogP contribution in [0.4, 0.5) is 32.2 Å². The topological polar surface area (TPSA) is 57.8 Å². The highest BCUT2D eigenvalue weighted by atomic mass is 19.4. The first kappa shape index (κ1) is 14.3. The smallest absolute Gasteiger partial charge is 0.310 e. The Hall–Kier alpha value is -1.74. The van der Waals surface area contributed by atoms with Crippen LogP contribution in [0.25, 0.3) is 0 Å². The van der Waals surface area contributed by atoms with E-state index in [0.717, 1.165) is 6.20 Å². The van der Waals surface area contributed by atoms with Crippen LogP contribution in [-0.4, -0.2) is 28.5 Å². The maximum Gasteiger partial charge on any atom is 0.409 e. The van der Waals surface area contributed by atoms with Crippen LogP contribution in [0, 0.1) is 12.8 Å². The highest BCUT2D eigenvalue weighted by Crippen LogP contribution is 2.39. The van der Waals surface area contributed by atoms with E-state index in [2.05, 4.69) is 10.2 Å². The van der Waals surface area contributed by atoms with E-state index in [1.54, 1.807) is 0 Å². The second-order valence-corrected chi connectivity index (χ2v) is 3.43. The summed E-state index contributed by atoms with van der Waals surface area (Å²) in [6.07, 6.45) is -10.3. The highest BCUT2D eigenvalue weighted by molar-refractivity contribution is 5.93. The van der Waals surface area contributed by atoms with Gasteiger partial charge in [-0.2, -0.15) is 31.4 Å². The van der Waals surface area contributed by atoms with Crippen LogP contribution in [0.2, 0.25) is 0 Å². The molecule has 0 bridgehead atoms. The molecule has 1 aromatic heterocycles. The molecular formula is C8H7F6N3O. The molecule has 102 valence electrons. The van der Waals surface area contributed by atoms with Gasteiger partial charge in [-0.3, -0.25) is 9.89 Å². The SMILES string of the molecule is Cc1cn[nH]c1NC(=O)C(C(F)(F)F)C(F)(F)F. The van der Waals surface area contributed by atoms with Gasteiger partial charge in [0.15, 0.2) is 0 Å². The molecule has 18 heavy (non-hydrogen) atoms. The number of anilines is 1. The van der Waals surface area contributed by atoms with Gasteiger partial charge in [0.1, 0.15) is 5.82 Å². The second-order valence-electron chi connectivity index (χ2n) is 3.43. The fourth-order valence-corrected chi connectivity index (χ4v) is 1.15. The Morgan fingerprint density at radius 3 is 2.11 bits per heavy atom. The summed E-state index contributed by atoms with van der Waals surface area (Å²) >= 11 is 0. The molecule has 1 rings (SSSR count). The van der Waals surface area contributed by atoms with E-state index < -0.39 is 24.2 Å². The molecule has 0 aliphatic carbocycles. The molecule has 0 aromatic carbocycles. The van der Waals surface area contributed by atoms with Gasteiger partial charge in [0, 0.05) is 5.56 Å². The number of aromatic nitrogens is 2. The van der Waals surface area contributed by atoms with Gasteiger partial charge in [0.05, 0.1) is 6.20 Å². The Morgan fingerprint density at radius 2 is 1.78 bits per heavy atom. The number of carbonyl (C=O) groups excluding carboxylic acids is 1. The first-order valence-corrected chi connectivity index (χ1v) is 4.47. The minimum atomic E-state index is -5.71. The molecule has 1 amide bonds. The number of carbonyl (C=O) groups is 1. The van der Waals surface area contributed by atoms with E-state index in [0.29, 0.717) is 0 Å². The van der Waals surface area contributed by atoms with Crippen LogP contribution in [0.15, 0.2) is 6.20 Å². The van der Waals surface area contributed by atoms with Crippen molar-refractivity contribution in [3.63, 3.8) is 0 Å². The summed E-state index contributed by atoms with van der Waals surface area (Å²) in [5.74, 6) is -6.59. The molecule has 2 N–H and O–H groups in total. The Bertz CT molecular complexity index is 421. The first-order valence-electron chi connectivity index (χ1n) is 4.47. The number of amides is 1. The molecule has 0 saturated carbocycles. The van der Waals surface area contributed by atoms with E-state index in [9.17, 15) is 31.1 Å². The third-order valence-corrected chi connectivity index (χ3v) is 1.99. The predicted molar refractivity (Wildman–Crippen MR) is 47.6 cm³/mol. The maximum absolute atomic E-state index is 12.2. The summed E-state index contributed by atoms with van der Waals surface area (Å²) in [4.78, 5) is 11.1. The van der Waals surface area contributed by atoms with Crippen molar-refractivity contribution in [1.82, 2.24) is 10.2 Å². The van der Waals surface area contributed by atoms with Gasteiger partial charge < -0.3 is 5.32 Å². The Kier molecular flexibility index (Phi) is 3.58. The van der Waals surface area contributed by atoms with E-state index in [1.165, 1.54) is 12.2 Å². The van der Waals surface area contributed by atoms with Crippen molar-refractivity contribution in [1.29, 1.82) is 0 Å². The van der Waals surface area contributed by atoms with Gasteiger partial charge in [0.25, 0.3) is 0 Å². The molecule has 0 spiro atoms. The molecule has 0 atom stereocenters. The van der Waals surface area contributed by atoms with E-state index in [1.807, 2.05) is 0 Å². The number of hydrogen-bond donors (Lipinski definition) is 2. The van der Waals surface area contributed by atoms with Crippen molar-refractivity contribution in [2.24, 2.45) is 5.92 Å². The monoisotopic (exact) mass is 275 g/mol. The van der Waals surface area contributed by atoms with Crippen molar-refractivity contribution in [3.05, 3.63) is 11.8 Å². The lowest BCUT2D eigenvalue weighted by molar-refractivity contribution is -0.272. The van der Waals surface area contributed by atoms with Crippen molar-refractivity contribution >= 4 is 11.7 Å². The quantitative estimate of drug-likeness (QED) is 0.814. The molecule has 0 radical (unpaired) electrons. The van der Waals surface area contributed by atoms with Crippen LogP contribution in [0.3, 0.4) is 0 Å². The zero-order chi connectivity index (χ0) is 14.1. The Labute approximate surface area is 96.4 Å². The lowest BCUT2D eigenvalue weighted by Crippen LogP contribution is -2.45. The minimum Gasteiger partial charge on any atom is -0.310 e. The van der Waals surface area contributed by atoms with Crippen LogP contribution in [0.1, 0.15) is 5.56 Å². The number of nitrogens with one attached hydrogen (secondary N) is 2. The fourth-order valence-electron chi connectivity index (χ4n) is 1.15. The number of nitrogens with zero attached hydrogens (tertiary/aromatic N) is 1. The Morgan fingerprint density at radius 1 is 1.28 bits per heavy atom. The van der Waals surface area contributed by atoms with Gasteiger partial charge in [0.2, 0.25) is 11.8 Å². The predicted octanol–water partition coefficient (Wildman–Crippen LogP) is 2.40. The molecule has 1 aromatic rings. The molecule has 0 aliphatic heterocycles. The zero-order valence-electron chi connectivity index (χ0n) is 8.78. The fraction of sp³-hybridized carbons (Fsp3) is 0.500. The average Bonchev–Trinajstić information content (AvgIpc) is 2.45. The standard InChI is InChI=1S/C8H7F6N3O/c1-3-2-15-17-5(3)16-6(18)4(7(9,10)11)8(12,13)14/h2,4H,1H3,(H2,15,16,17,18). The molecule has 0 saturated heterocycles. The zero-order valence-corrected chi connectivity index (χ0v) is 8.78. The van der Waals surface area contributed by atoms with Gasteiger partial charge in [-0.25, -0.2) is 0 Å². The van der Waals surface area contributed by atoms with Gasteiger partial charge in [-0.1, -0.05) is 0 Å². The highest BCUT2D eigenvalue weighted by Gasteiger charge is 2.61. The number of hydrogen-bond acceptors (Lipinski definition) is 2. The number of aryl methyl sites for hydroxylation is 1. The first-order chi connectivity index (χ1) is 8.03. The van der Waals surface area contributed by atoms with Crippen LogP contribution >= 0.6 is 0 Å². The van der Waals surface area contributed by atoms with Crippen molar-refractivity contribution < 1.29 is 31.1 Å². The molecule has 10 heteroatoms. The lowest BCUT2D eigenvalue weighted by atomic mass is 10.1. The second kappa shape index (κ2) is 4.50. The Balaban J connectivity index is 2.95. The lowest BCUT2D eigenvalue weighted by Gasteiger charge is -2.21. The number of rotatable bonds is 2. The molecular weight excluding hydrogens is 268 g/mol. The van der Waals surface area contributed by atoms with Gasteiger partial charge in [-0.05, 0) is 6.92 Å². The normalized spacial score (nSPS) is 12.9. The largest absolute Gasteiger partial charge is 0.409 e. The number of alkyl halides is 6. The minimum absolute atomic E-state index is 0.214. The summed E-state index contributed by atoms with van der Waals surface area (Å²) in [7, 11) is 0. The van der Waals surface area contributed by atoms with Crippen molar-refractivity contribution in [2.45, 2.75) is 19.3 Å². The summed E-state index contributed by atoms with van der Waals surface area (Å²) in [5, 5.41) is 6.94. The number of H-pyrrole nitrogens is 1. The molecule has 0 fully saturated rings. The number of aromatic amines is 1. The van der Waals surface area contributed by atoms with E-state index in [4.69, 9.17) is 0 Å². The van der Waals surface area contributed by atoms with Crippen molar-refractivity contribution in [3.8, 4) is 0 Å². The summed E-state index contributed by atoms with van der Waals surface area (Å²) in [6.45, 7) is 1.36. The summed E-state index contributed by atoms with van der Waals surface area (Å²) < 4.78 is 73.1. The molecule has 4 nitrogen and oxygen atoms in total. The van der Waals surface area contributed by atoms with Crippen LogP contribution < -0.4 is 5.32 Å². The third-order valence-electron chi connectivity index (χ3n) is 1.99. The van der Waals surface area contributed by atoms with Crippen LogP contribution in [-0.2, 0) is 4.79 Å². The maximum atomic E-state index is 12.2. The van der Waals surface area contributed by atoms with Gasteiger partial charge >= 0.3 is 12.4 Å². The number of halogens is 6. The summed E-state index contributed by atoms with van der Waals surface area (Å²) in [6, 6.07) is 0. The summed E-state index contributed by atoms with van der Waals surface area (Å²) in [5.41, 5.74) is 0.214.